The average molecular weight is 374 g/mol. The van der Waals surface area contributed by atoms with Crippen LogP contribution in [0.1, 0.15) is 29.1 Å². The van der Waals surface area contributed by atoms with Crippen molar-refractivity contribution in [2.75, 3.05) is 6.61 Å². The van der Waals surface area contributed by atoms with Crippen molar-refractivity contribution in [3.05, 3.63) is 58.3 Å². The van der Waals surface area contributed by atoms with Crippen LogP contribution < -0.4 is 10.6 Å². The second-order valence-electron chi connectivity index (χ2n) is 6.04. The molecule has 1 aromatic heterocycles. The fraction of sp³-hybridized carbons (Fsp3) is 0.316. The van der Waals surface area contributed by atoms with E-state index in [4.69, 9.17) is 4.74 Å². The number of thiophene rings is 1. The molecule has 0 aliphatic heterocycles. The summed E-state index contributed by atoms with van der Waals surface area (Å²) in [5, 5.41) is 7.14. The van der Waals surface area contributed by atoms with E-state index in [2.05, 4.69) is 10.6 Å². The standard InChI is InChI=1S/C19H22N2O4S/c1-13(2)17(21-18(23)15-9-6-10-26-15)19(24)25-12-16(22)20-11-14-7-4-3-5-8-14/h3-10,13,17H,11-12H2,1-2H3,(H,20,22)(H,21,23)/t17-/m1/s1. The Kier molecular flexibility index (Phi) is 7.35. The third-order valence-electron chi connectivity index (χ3n) is 3.63. The summed E-state index contributed by atoms with van der Waals surface area (Å²) in [6.45, 7) is 3.58. The predicted molar refractivity (Wildman–Crippen MR) is 99.7 cm³/mol. The highest BCUT2D eigenvalue weighted by atomic mass is 32.1. The third-order valence-corrected chi connectivity index (χ3v) is 4.50. The summed E-state index contributed by atoms with van der Waals surface area (Å²) in [7, 11) is 0. The molecule has 0 bridgehead atoms. The summed E-state index contributed by atoms with van der Waals surface area (Å²) in [4.78, 5) is 36.8. The van der Waals surface area contributed by atoms with Crippen LogP contribution in [0.5, 0.6) is 0 Å². The molecule has 26 heavy (non-hydrogen) atoms. The monoisotopic (exact) mass is 374 g/mol. The topological polar surface area (TPSA) is 84.5 Å². The first-order valence-electron chi connectivity index (χ1n) is 8.29. The summed E-state index contributed by atoms with van der Waals surface area (Å²) in [6.07, 6.45) is 0. The molecule has 0 saturated carbocycles. The van der Waals surface area contributed by atoms with Gasteiger partial charge in [0.1, 0.15) is 6.04 Å². The molecule has 0 spiro atoms. The smallest absolute Gasteiger partial charge is 0.329 e. The fourth-order valence-electron chi connectivity index (χ4n) is 2.19. The van der Waals surface area contributed by atoms with Gasteiger partial charge in [-0.3, -0.25) is 9.59 Å². The Hall–Kier alpha value is -2.67. The van der Waals surface area contributed by atoms with Crippen LogP contribution in [0.15, 0.2) is 47.8 Å². The van der Waals surface area contributed by atoms with Crippen LogP contribution in [0.4, 0.5) is 0 Å². The van der Waals surface area contributed by atoms with Crippen molar-refractivity contribution in [2.24, 2.45) is 5.92 Å². The Morgan fingerprint density at radius 3 is 2.42 bits per heavy atom. The Bertz CT molecular complexity index is 729. The van der Waals surface area contributed by atoms with Gasteiger partial charge >= 0.3 is 5.97 Å². The van der Waals surface area contributed by atoms with Crippen molar-refractivity contribution in [1.29, 1.82) is 0 Å². The van der Waals surface area contributed by atoms with Gasteiger partial charge in [0, 0.05) is 6.54 Å². The van der Waals surface area contributed by atoms with Gasteiger partial charge in [-0.15, -0.1) is 11.3 Å². The highest BCUT2D eigenvalue weighted by Gasteiger charge is 2.27. The van der Waals surface area contributed by atoms with Crippen LogP contribution in [-0.4, -0.2) is 30.4 Å². The van der Waals surface area contributed by atoms with Crippen LogP contribution in [0, 0.1) is 5.92 Å². The molecule has 7 heteroatoms. The predicted octanol–water partition coefficient (Wildman–Crippen LogP) is 2.36. The number of benzene rings is 1. The van der Waals surface area contributed by atoms with E-state index in [1.165, 1.54) is 11.3 Å². The van der Waals surface area contributed by atoms with E-state index in [1.54, 1.807) is 31.4 Å². The van der Waals surface area contributed by atoms with Crippen LogP contribution in [0.3, 0.4) is 0 Å². The lowest BCUT2D eigenvalue weighted by Crippen LogP contribution is -2.46. The second kappa shape index (κ2) is 9.72. The van der Waals surface area contributed by atoms with Crippen molar-refractivity contribution >= 4 is 29.1 Å². The number of rotatable bonds is 8. The largest absolute Gasteiger partial charge is 0.454 e. The number of hydrogen-bond acceptors (Lipinski definition) is 5. The first-order valence-corrected chi connectivity index (χ1v) is 9.17. The zero-order valence-corrected chi connectivity index (χ0v) is 15.5. The number of hydrogen-bond donors (Lipinski definition) is 2. The van der Waals surface area contributed by atoms with Gasteiger partial charge in [0.2, 0.25) is 0 Å². The zero-order chi connectivity index (χ0) is 18.9. The quantitative estimate of drug-likeness (QED) is 0.695. The average Bonchev–Trinajstić information content (AvgIpc) is 3.17. The molecule has 0 radical (unpaired) electrons. The van der Waals surface area contributed by atoms with Crippen LogP contribution in [0.25, 0.3) is 0 Å². The van der Waals surface area contributed by atoms with E-state index in [-0.39, 0.29) is 18.4 Å². The van der Waals surface area contributed by atoms with Crippen molar-refractivity contribution in [3.8, 4) is 0 Å². The molecule has 2 aromatic rings. The van der Waals surface area contributed by atoms with Gasteiger partial charge in [-0.2, -0.15) is 0 Å². The Morgan fingerprint density at radius 2 is 1.81 bits per heavy atom. The van der Waals surface area contributed by atoms with Gasteiger partial charge in [0.25, 0.3) is 11.8 Å². The third kappa shape index (κ3) is 6.00. The summed E-state index contributed by atoms with van der Waals surface area (Å²) < 4.78 is 5.07. The molecule has 1 atom stereocenters. The van der Waals surface area contributed by atoms with Gasteiger partial charge in [-0.05, 0) is 22.9 Å². The molecule has 1 aromatic carbocycles. The summed E-state index contributed by atoms with van der Waals surface area (Å²) >= 11 is 1.29. The molecule has 6 nitrogen and oxygen atoms in total. The number of carbonyl (C=O) groups excluding carboxylic acids is 3. The number of ether oxygens (including phenoxy) is 1. The molecule has 0 saturated heterocycles. The lowest BCUT2D eigenvalue weighted by molar-refractivity contribution is -0.151. The number of esters is 1. The molecule has 2 N–H and O–H groups in total. The van der Waals surface area contributed by atoms with Gasteiger partial charge in [-0.1, -0.05) is 50.2 Å². The molecule has 0 unspecified atom stereocenters. The molecule has 2 amide bonds. The molecule has 0 aliphatic rings. The number of carbonyl (C=O) groups is 3. The maximum atomic E-state index is 12.3. The van der Waals surface area contributed by atoms with E-state index in [1.807, 2.05) is 30.3 Å². The SMILES string of the molecule is CC(C)[C@@H](NC(=O)c1cccs1)C(=O)OCC(=O)NCc1ccccc1. The van der Waals surface area contributed by atoms with Crippen LogP contribution in [-0.2, 0) is 20.9 Å². The molecule has 1 heterocycles. The Morgan fingerprint density at radius 1 is 1.08 bits per heavy atom. The van der Waals surface area contributed by atoms with E-state index < -0.39 is 17.9 Å². The number of nitrogens with one attached hydrogen (secondary N) is 2. The van der Waals surface area contributed by atoms with Crippen molar-refractivity contribution in [2.45, 2.75) is 26.4 Å². The lowest BCUT2D eigenvalue weighted by atomic mass is 10.0. The molecular weight excluding hydrogens is 352 g/mol. The van der Waals surface area contributed by atoms with Gasteiger partial charge in [0.05, 0.1) is 4.88 Å². The van der Waals surface area contributed by atoms with Gasteiger partial charge in [-0.25, -0.2) is 4.79 Å². The minimum atomic E-state index is -0.813. The van der Waals surface area contributed by atoms with Gasteiger partial charge in [0.15, 0.2) is 6.61 Å². The second-order valence-corrected chi connectivity index (χ2v) is 6.99. The van der Waals surface area contributed by atoms with E-state index >= 15 is 0 Å². The molecular formula is C19H22N2O4S. The Balaban J connectivity index is 1.81. The highest BCUT2D eigenvalue weighted by molar-refractivity contribution is 7.12. The van der Waals surface area contributed by atoms with E-state index in [9.17, 15) is 14.4 Å². The van der Waals surface area contributed by atoms with E-state index in [0.717, 1.165) is 5.56 Å². The number of amides is 2. The first kappa shape index (κ1) is 19.7. The summed E-state index contributed by atoms with van der Waals surface area (Å²) in [6, 6.07) is 12.1. The summed E-state index contributed by atoms with van der Waals surface area (Å²) in [5.41, 5.74) is 0.954. The van der Waals surface area contributed by atoms with E-state index in [0.29, 0.717) is 11.4 Å². The molecule has 0 aliphatic carbocycles. The molecule has 2 rings (SSSR count). The maximum Gasteiger partial charge on any atom is 0.329 e. The minimum Gasteiger partial charge on any atom is -0.454 e. The fourth-order valence-corrected chi connectivity index (χ4v) is 2.82. The van der Waals surface area contributed by atoms with Crippen molar-refractivity contribution in [1.82, 2.24) is 10.6 Å². The van der Waals surface area contributed by atoms with Crippen molar-refractivity contribution in [3.63, 3.8) is 0 Å². The van der Waals surface area contributed by atoms with Crippen LogP contribution in [0.2, 0.25) is 0 Å². The normalized spacial score (nSPS) is 11.7. The maximum absolute atomic E-state index is 12.3. The Labute approximate surface area is 156 Å². The minimum absolute atomic E-state index is 0.168. The highest BCUT2D eigenvalue weighted by Crippen LogP contribution is 2.11. The zero-order valence-electron chi connectivity index (χ0n) is 14.7. The first-order chi connectivity index (χ1) is 12.5. The summed E-state index contributed by atoms with van der Waals surface area (Å²) in [5.74, 6) is -1.52. The van der Waals surface area contributed by atoms with Crippen molar-refractivity contribution < 1.29 is 19.1 Å². The molecule has 138 valence electrons. The molecule has 0 fully saturated rings. The lowest BCUT2D eigenvalue weighted by Gasteiger charge is -2.20. The van der Waals surface area contributed by atoms with Crippen LogP contribution >= 0.6 is 11.3 Å². The van der Waals surface area contributed by atoms with Gasteiger partial charge < -0.3 is 15.4 Å².